The Morgan fingerprint density at radius 1 is 0.945 bits per heavy atom. The number of nitrogens with one attached hydrogen (secondary N) is 1. The minimum absolute atomic E-state index is 0.0381. The van der Waals surface area contributed by atoms with Crippen LogP contribution in [0.25, 0.3) is 17.1 Å². The Balaban J connectivity index is 1.32. The predicted molar refractivity (Wildman–Crippen MR) is 201 cm³/mol. The van der Waals surface area contributed by atoms with Crippen LogP contribution in [-0.2, 0) is 21.2 Å². The molecule has 1 fully saturated rings. The fourth-order valence-electron chi connectivity index (χ4n) is 6.42. The van der Waals surface area contributed by atoms with Crippen LogP contribution in [0.1, 0.15) is 72.3 Å². The maximum Gasteiger partial charge on any atom is 0.410 e. The highest BCUT2D eigenvalue weighted by atomic mass is 32.2. The molecule has 0 radical (unpaired) electrons. The Kier molecular flexibility index (Phi) is 11.3. The zero-order valence-corrected chi connectivity index (χ0v) is 32.5. The summed E-state index contributed by atoms with van der Waals surface area (Å²) in [6.45, 7) is 8.48. The number of pyridine rings is 1. The van der Waals surface area contributed by atoms with Crippen molar-refractivity contribution < 1.29 is 35.9 Å². The number of rotatable bonds is 5. The number of halogens is 3. The summed E-state index contributed by atoms with van der Waals surface area (Å²) >= 11 is 0. The van der Waals surface area contributed by atoms with Crippen LogP contribution >= 0.6 is 0 Å². The van der Waals surface area contributed by atoms with E-state index in [4.69, 9.17) is 14.5 Å². The predicted octanol–water partition coefficient (Wildman–Crippen LogP) is 7.42. The van der Waals surface area contributed by atoms with Crippen molar-refractivity contribution in [2.45, 2.75) is 96.0 Å². The maximum atomic E-state index is 13.9. The van der Waals surface area contributed by atoms with E-state index in [1.807, 2.05) is 45.0 Å². The first kappa shape index (κ1) is 39.8. The van der Waals surface area contributed by atoms with Crippen molar-refractivity contribution in [2.75, 3.05) is 35.9 Å². The van der Waals surface area contributed by atoms with Gasteiger partial charge in [-0.05, 0) is 78.0 Å². The molecule has 17 heteroatoms. The number of nitrogens with zero attached hydrogens (tertiary/aromatic N) is 7. The van der Waals surface area contributed by atoms with Crippen molar-refractivity contribution in [3.63, 3.8) is 0 Å². The second kappa shape index (κ2) is 15.7. The molecule has 1 aromatic carbocycles. The summed E-state index contributed by atoms with van der Waals surface area (Å²) in [6, 6.07) is 13.8. The van der Waals surface area contributed by atoms with E-state index in [0.717, 1.165) is 45.1 Å². The lowest BCUT2D eigenvalue weighted by Gasteiger charge is -2.31. The molecule has 296 valence electrons. The summed E-state index contributed by atoms with van der Waals surface area (Å²) < 4.78 is 83.2. The molecule has 1 N–H and O–H groups in total. The molecule has 1 atom stereocenters. The summed E-state index contributed by atoms with van der Waals surface area (Å²) in [4.78, 5) is 30.6. The highest BCUT2D eigenvalue weighted by Gasteiger charge is 2.48. The number of fused-ring (bicyclic) bond motifs is 6. The normalized spacial score (nSPS) is 18.2. The van der Waals surface area contributed by atoms with E-state index in [1.54, 1.807) is 17.0 Å². The average molecular weight is 785 g/mol. The van der Waals surface area contributed by atoms with Gasteiger partial charge >= 0.3 is 12.3 Å². The molecule has 4 bridgehead atoms. The van der Waals surface area contributed by atoms with Gasteiger partial charge in [-0.3, -0.25) is 4.72 Å². The first-order chi connectivity index (χ1) is 25.9. The summed E-state index contributed by atoms with van der Waals surface area (Å²) in [6.07, 6.45) is 2.79. The lowest BCUT2D eigenvalue weighted by molar-refractivity contribution is -0.219. The van der Waals surface area contributed by atoms with Gasteiger partial charge in [0.05, 0.1) is 11.6 Å². The fraction of sp³-hybridized carbons (Fsp3) is 0.500. The number of sulfonamides is 1. The largest absolute Gasteiger partial charge is 0.476 e. The Bertz CT molecular complexity index is 2100. The number of hydrogen-bond acceptors (Lipinski definition) is 10. The molecular weight excluding hydrogens is 738 g/mol. The molecule has 2 aliphatic rings. The maximum absolute atomic E-state index is 13.9. The molecular formula is C38H47F3N8O5S. The fourth-order valence-corrected chi connectivity index (χ4v) is 7.36. The minimum Gasteiger partial charge on any atom is -0.476 e. The molecule has 0 saturated carbocycles. The van der Waals surface area contributed by atoms with Crippen LogP contribution in [0, 0.1) is 5.41 Å². The van der Waals surface area contributed by atoms with Crippen molar-refractivity contribution in [1.82, 2.24) is 29.6 Å². The van der Waals surface area contributed by atoms with Crippen LogP contribution in [0.5, 0.6) is 5.88 Å². The minimum atomic E-state index is -4.48. The number of anilines is 2. The van der Waals surface area contributed by atoms with Gasteiger partial charge in [0, 0.05) is 43.5 Å². The van der Waals surface area contributed by atoms with Crippen LogP contribution in [0.3, 0.4) is 0 Å². The quantitative estimate of drug-likeness (QED) is 0.217. The van der Waals surface area contributed by atoms with Crippen molar-refractivity contribution in [1.29, 1.82) is 0 Å². The highest BCUT2D eigenvalue weighted by Crippen LogP contribution is 2.38. The summed E-state index contributed by atoms with van der Waals surface area (Å²) in [5.41, 5.74) is -0.758. The number of alkyl halides is 3. The number of carbonyl (C=O) groups is 1. The smallest absolute Gasteiger partial charge is 0.410 e. The number of hydrogen-bond donors (Lipinski definition) is 1. The van der Waals surface area contributed by atoms with E-state index in [-0.39, 0.29) is 34.7 Å². The summed E-state index contributed by atoms with van der Waals surface area (Å²) in [5.74, 6) is 0.601. The third kappa shape index (κ3) is 9.48. The number of benzene rings is 1. The van der Waals surface area contributed by atoms with E-state index in [9.17, 15) is 26.4 Å². The summed E-state index contributed by atoms with van der Waals surface area (Å²) in [7, 11) is -4.28. The Morgan fingerprint density at radius 3 is 2.47 bits per heavy atom. The molecule has 6 rings (SSSR count). The molecule has 55 heavy (non-hydrogen) atoms. The first-order valence-electron chi connectivity index (χ1n) is 18.4. The number of carbonyl (C=O) groups excluding carboxylic acids is 1. The number of likely N-dealkylation sites (tertiary alicyclic amines) is 1. The van der Waals surface area contributed by atoms with Gasteiger partial charge in [0.2, 0.25) is 5.88 Å². The highest BCUT2D eigenvalue weighted by molar-refractivity contribution is 7.92. The molecule has 0 aliphatic carbocycles. The van der Waals surface area contributed by atoms with E-state index in [2.05, 4.69) is 24.7 Å². The van der Waals surface area contributed by atoms with Gasteiger partial charge in [-0.15, -0.1) is 5.10 Å². The standard InChI is InChI=1S/C38H47F3N8O5S/c1-36(2,3)54-35(50)47-21-18-27(24-47)48-20-11-7-6-8-13-26-14-9-10-15-28(26)33-34(49-22-19-31(45-49)53-25-37(4,5)38(39,40)41)42-23-29(43-33)46-55(51,52)32-17-12-16-30(48)44-32/h9-10,12,14-17,19,22-23,27H,6-8,11,13,18,20-21,24-25H2,1-5H3,(H,43,46). The molecule has 0 spiro atoms. The van der Waals surface area contributed by atoms with Gasteiger partial charge < -0.3 is 19.3 Å². The first-order valence-corrected chi connectivity index (χ1v) is 19.8. The van der Waals surface area contributed by atoms with E-state index >= 15 is 0 Å². The van der Waals surface area contributed by atoms with Crippen molar-refractivity contribution >= 4 is 27.8 Å². The van der Waals surface area contributed by atoms with Gasteiger partial charge in [0.15, 0.2) is 16.7 Å². The lowest BCUT2D eigenvalue weighted by atomic mass is 9.94. The molecule has 3 aromatic heterocycles. The zero-order valence-electron chi connectivity index (χ0n) is 31.6. The van der Waals surface area contributed by atoms with Crippen LogP contribution in [0.15, 0.2) is 66.0 Å². The second-order valence-electron chi connectivity index (χ2n) is 15.5. The molecule has 1 unspecified atom stereocenters. The summed E-state index contributed by atoms with van der Waals surface area (Å²) in [5, 5.41) is 4.13. The number of ether oxygens (including phenoxy) is 2. The number of aryl methyl sites for hydroxylation is 1. The Morgan fingerprint density at radius 2 is 1.71 bits per heavy atom. The van der Waals surface area contributed by atoms with Crippen molar-refractivity contribution in [2.24, 2.45) is 5.41 Å². The van der Waals surface area contributed by atoms with Crippen LogP contribution < -0.4 is 14.4 Å². The Hall–Kier alpha value is -4.93. The van der Waals surface area contributed by atoms with Crippen molar-refractivity contribution in [3.05, 3.63) is 66.5 Å². The third-order valence-electron chi connectivity index (χ3n) is 9.52. The number of amides is 1. The van der Waals surface area contributed by atoms with E-state index < -0.39 is 33.8 Å². The second-order valence-corrected chi connectivity index (χ2v) is 17.1. The third-order valence-corrected chi connectivity index (χ3v) is 10.8. The molecule has 1 amide bonds. The Labute approximate surface area is 319 Å². The van der Waals surface area contributed by atoms with Crippen LogP contribution in [-0.4, -0.2) is 88.2 Å². The van der Waals surface area contributed by atoms with Gasteiger partial charge in [0.1, 0.15) is 23.7 Å². The SMILES string of the molecule is CC(C)(C)OC(=O)N1CCC(N2CCCCCCc3ccccc3-c3nc(cnc3-n3ccc(OCC(C)(C)C(F)(F)F)n3)NS(=O)(=O)c3cccc2n3)C1. The monoisotopic (exact) mass is 784 g/mol. The van der Waals surface area contributed by atoms with Crippen molar-refractivity contribution in [3.8, 4) is 23.0 Å². The van der Waals surface area contributed by atoms with Gasteiger partial charge in [0.25, 0.3) is 10.0 Å². The van der Waals surface area contributed by atoms with E-state index in [0.29, 0.717) is 49.6 Å². The van der Waals surface area contributed by atoms with E-state index in [1.165, 1.54) is 29.2 Å². The zero-order chi connectivity index (χ0) is 39.6. The van der Waals surface area contributed by atoms with Crippen LogP contribution in [0.2, 0.25) is 0 Å². The topological polar surface area (TPSA) is 145 Å². The van der Waals surface area contributed by atoms with Gasteiger partial charge in [-0.2, -0.15) is 21.6 Å². The molecule has 2 aliphatic heterocycles. The molecule has 4 aromatic rings. The molecule has 13 nitrogen and oxygen atoms in total. The number of aromatic nitrogens is 5. The van der Waals surface area contributed by atoms with Gasteiger partial charge in [-0.25, -0.2) is 24.4 Å². The molecule has 5 heterocycles. The van der Waals surface area contributed by atoms with Crippen LogP contribution in [0.4, 0.5) is 29.6 Å². The lowest BCUT2D eigenvalue weighted by Crippen LogP contribution is -2.41. The average Bonchev–Trinajstić information content (AvgIpc) is 3.80. The molecule has 1 saturated heterocycles. The van der Waals surface area contributed by atoms with Gasteiger partial charge in [-0.1, -0.05) is 43.2 Å².